The Labute approximate surface area is 103 Å². The van der Waals surface area contributed by atoms with Gasteiger partial charge in [-0.3, -0.25) is 0 Å². The third kappa shape index (κ3) is 3.44. The Bertz CT molecular complexity index is 461. The van der Waals surface area contributed by atoms with Gasteiger partial charge in [0.1, 0.15) is 5.82 Å². The van der Waals surface area contributed by atoms with E-state index in [2.05, 4.69) is 0 Å². The Kier molecular flexibility index (Phi) is 4.65. The van der Waals surface area contributed by atoms with Gasteiger partial charge in [-0.25, -0.2) is 14.0 Å². The van der Waals surface area contributed by atoms with Crippen LogP contribution < -0.4 is 5.73 Å². The molecule has 0 spiro atoms. The minimum absolute atomic E-state index is 0.174. The van der Waals surface area contributed by atoms with E-state index in [1.54, 1.807) is 6.92 Å². The highest BCUT2D eigenvalue weighted by atomic mass is 19.1. The van der Waals surface area contributed by atoms with Crippen molar-refractivity contribution in [1.82, 2.24) is 0 Å². The fourth-order valence-corrected chi connectivity index (χ4v) is 1.38. The first-order valence-corrected chi connectivity index (χ1v) is 5.44. The third-order valence-electron chi connectivity index (χ3n) is 2.29. The largest absolute Gasteiger partial charge is 0.479 e. The lowest BCUT2D eigenvalue weighted by Gasteiger charge is -2.13. The van der Waals surface area contributed by atoms with Gasteiger partial charge in [0, 0.05) is 5.69 Å². The smallest absolute Gasteiger partial charge is 0.345 e. The predicted molar refractivity (Wildman–Crippen MR) is 62.6 cm³/mol. The number of hydrogen-bond donors (Lipinski definition) is 2. The van der Waals surface area contributed by atoms with Crippen molar-refractivity contribution in [2.45, 2.75) is 25.9 Å². The van der Waals surface area contributed by atoms with Crippen molar-refractivity contribution in [3.8, 4) is 0 Å². The van der Waals surface area contributed by atoms with Crippen LogP contribution in [0.25, 0.3) is 0 Å². The Balaban J connectivity index is 2.83. The number of ether oxygens (including phenoxy) is 1. The molecule has 0 fully saturated rings. The molecule has 1 rings (SSSR count). The maximum Gasteiger partial charge on any atom is 0.345 e. The molecular weight excluding hydrogens is 241 g/mol. The SMILES string of the molecule is CCCC(OC(=O)c1ccc(N)cc1F)C(=O)O. The molecule has 0 radical (unpaired) electrons. The van der Waals surface area contributed by atoms with Gasteiger partial charge in [0.25, 0.3) is 0 Å². The summed E-state index contributed by atoms with van der Waals surface area (Å²) in [7, 11) is 0. The first kappa shape index (κ1) is 14.0. The number of nitrogen functional groups attached to an aromatic ring is 1. The fraction of sp³-hybridized carbons (Fsp3) is 0.333. The zero-order chi connectivity index (χ0) is 13.7. The lowest BCUT2D eigenvalue weighted by atomic mass is 10.2. The minimum atomic E-state index is -1.26. The normalized spacial score (nSPS) is 11.9. The molecule has 0 aliphatic heterocycles. The molecule has 0 heterocycles. The van der Waals surface area contributed by atoms with Gasteiger partial charge in [-0.05, 0) is 24.6 Å². The fourth-order valence-electron chi connectivity index (χ4n) is 1.38. The number of anilines is 1. The highest BCUT2D eigenvalue weighted by molar-refractivity contribution is 5.91. The number of aliphatic carboxylic acids is 1. The number of rotatable bonds is 5. The molecule has 0 aromatic heterocycles. The van der Waals surface area contributed by atoms with Crippen molar-refractivity contribution in [2.75, 3.05) is 5.73 Å². The second-order valence-corrected chi connectivity index (χ2v) is 3.76. The van der Waals surface area contributed by atoms with Gasteiger partial charge in [0.05, 0.1) is 5.56 Å². The van der Waals surface area contributed by atoms with Gasteiger partial charge in [-0.15, -0.1) is 0 Å². The number of carbonyl (C=O) groups is 2. The van der Waals surface area contributed by atoms with Crippen LogP contribution in [0.2, 0.25) is 0 Å². The molecule has 1 atom stereocenters. The number of carboxylic acid groups (broad SMARTS) is 1. The van der Waals surface area contributed by atoms with Crippen LogP contribution in [0.1, 0.15) is 30.1 Å². The Morgan fingerprint density at radius 1 is 1.50 bits per heavy atom. The average Bonchev–Trinajstić information content (AvgIpc) is 2.27. The first-order chi connectivity index (χ1) is 8.45. The molecule has 0 amide bonds. The highest BCUT2D eigenvalue weighted by Crippen LogP contribution is 2.15. The number of esters is 1. The molecule has 3 N–H and O–H groups in total. The van der Waals surface area contributed by atoms with Crippen molar-refractivity contribution in [1.29, 1.82) is 0 Å². The summed E-state index contributed by atoms with van der Waals surface area (Å²) in [5.41, 5.74) is 5.18. The highest BCUT2D eigenvalue weighted by Gasteiger charge is 2.23. The maximum atomic E-state index is 13.4. The summed E-state index contributed by atoms with van der Waals surface area (Å²) >= 11 is 0. The standard InChI is InChI=1S/C12H14FNO4/c1-2-3-10(11(15)16)18-12(17)8-5-4-7(14)6-9(8)13/h4-6,10H,2-3,14H2,1H3,(H,15,16). The van der Waals surface area contributed by atoms with E-state index in [-0.39, 0.29) is 17.7 Å². The first-order valence-electron chi connectivity index (χ1n) is 5.44. The number of benzene rings is 1. The molecule has 5 nitrogen and oxygen atoms in total. The van der Waals surface area contributed by atoms with Crippen molar-refractivity contribution >= 4 is 17.6 Å². The second kappa shape index (κ2) is 6.00. The number of carboxylic acids is 1. The summed E-state index contributed by atoms with van der Waals surface area (Å²) in [4.78, 5) is 22.4. The predicted octanol–water partition coefficient (Wildman–Crippen LogP) is 1.82. The molecular formula is C12H14FNO4. The van der Waals surface area contributed by atoms with E-state index in [9.17, 15) is 14.0 Å². The van der Waals surface area contributed by atoms with Crippen molar-refractivity contribution in [3.63, 3.8) is 0 Å². The molecule has 6 heteroatoms. The van der Waals surface area contributed by atoms with Crippen molar-refractivity contribution < 1.29 is 23.8 Å². The van der Waals surface area contributed by atoms with E-state index in [0.29, 0.717) is 6.42 Å². The quantitative estimate of drug-likeness (QED) is 0.618. The van der Waals surface area contributed by atoms with E-state index >= 15 is 0 Å². The topological polar surface area (TPSA) is 89.6 Å². The van der Waals surface area contributed by atoms with Gasteiger partial charge in [0.2, 0.25) is 0 Å². The zero-order valence-corrected chi connectivity index (χ0v) is 9.85. The van der Waals surface area contributed by atoms with E-state index in [0.717, 1.165) is 12.1 Å². The summed E-state index contributed by atoms with van der Waals surface area (Å²) in [6.07, 6.45) is -0.550. The molecule has 1 aromatic carbocycles. The van der Waals surface area contributed by atoms with Crippen molar-refractivity contribution in [2.24, 2.45) is 0 Å². The van der Waals surface area contributed by atoms with Crippen LogP contribution >= 0.6 is 0 Å². The molecule has 0 aliphatic carbocycles. The number of hydrogen-bond acceptors (Lipinski definition) is 4. The Morgan fingerprint density at radius 2 is 2.17 bits per heavy atom. The minimum Gasteiger partial charge on any atom is -0.479 e. The summed E-state index contributed by atoms with van der Waals surface area (Å²) in [5.74, 6) is -3.09. The summed E-state index contributed by atoms with van der Waals surface area (Å²) < 4.78 is 18.1. The van der Waals surface area contributed by atoms with Crippen LogP contribution in [0.3, 0.4) is 0 Å². The molecule has 0 saturated heterocycles. The van der Waals surface area contributed by atoms with Gasteiger partial charge in [-0.1, -0.05) is 13.3 Å². The monoisotopic (exact) mass is 255 g/mol. The van der Waals surface area contributed by atoms with Gasteiger partial charge in [0.15, 0.2) is 6.10 Å². The van der Waals surface area contributed by atoms with E-state index in [1.165, 1.54) is 6.07 Å². The van der Waals surface area contributed by atoms with Gasteiger partial charge >= 0.3 is 11.9 Å². The molecule has 1 unspecified atom stereocenters. The average molecular weight is 255 g/mol. The van der Waals surface area contributed by atoms with E-state index in [1.807, 2.05) is 0 Å². The summed E-state index contributed by atoms with van der Waals surface area (Å²) in [6.45, 7) is 1.76. The molecule has 1 aromatic rings. The Hall–Kier alpha value is -2.11. The maximum absolute atomic E-state index is 13.4. The number of nitrogens with two attached hydrogens (primary N) is 1. The van der Waals surface area contributed by atoms with E-state index < -0.39 is 23.9 Å². The lowest BCUT2D eigenvalue weighted by molar-refractivity contribution is -0.147. The number of carbonyl (C=O) groups excluding carboxylic acids is 1. The van der Waals surface area contributed by atoms with Crippen LogP contribution in [0, 0.1) is 5.82 Å². The molecule has 0 bridgehead atoms. The zero-order valence-electron chi connectivity index (χ0n) is 9.85. The molecule has 0 aliphatic rings. The Morgan fingerprint density at radius 3 is 2.67 bits per heavy atom. The molecule has 98 valence electrons. The van der Waals surface area contributed by atoms with E-state index in [4.69, 9.17) is 15.6 Å². The van der Waals surface area contributed by atoms with Crippen LogP contribution in [0.15, 0.2) is 18.2 Å². The van der Waals surface area contributed by atoms with Crippen molar-refractivity contribution in [3.05, 3.63) is 29.6 Å². The molecule has 0 saturated carbocycles. The third-order valence-corrected chi connectivity index (χ3v) is 2.29. The number of halogens is 1. The van der Waals surface area contributed by atoms with Crippen LogP contribution in [-0.2, 0) is 9.53 Å². The van der Waals surface area contributed by atoms with Crippen LogP contribution in [0.4, 0.5) is 10.1 Å². The summed E-state index contributed by atoms with van der Waals surface area (Å²) in [5, 5.41) is 8.82. The molecule has 18 heavy (non-hydrogen) atoms. The van der Waals surface area contributed by atoms with Gasteiger partial charge < -0.3 is 15.6 Å². The van der Waals surface area contributed by atoms with Gasteiger partial charge in [-0.2, -0.15) is 0 Å². The van der Waals surface area contributed by atoms with Crippen LogP contribution in [0.5, 0.6) is 0 Å². The summed E-state index contributed by atoms with van der Waals surface area (Å²) in [6, 6.07) is 3.49. The van der Waals surface area contributed by atoms with Crippen LogP contribution in [-0.4, -0.2) is 23.1 Å². The lowest BCUT2D eigenvalue weighted by Crippen LogP contribution is -2.27. The second-order valence-electron chi connectivity index (χ2n) is 3.76.